The van der Waals surface area contributed by atoms with Crippen molar-refractivity contribution in [2.45, 2.75) is 45.6 Å². The molecule has 0 N–H and O–H groups in total. The number of Topliss-reactive ketones (excluding diaryl/α,β-unsaturated/α-hetero) is 1. The zero-order valence-electron chi connectivity index (χ0n) is 16.3. The lowest BCUT2D eigenvalue weighted by molar-refractivity contribution is 0.0338. The minimum Gasteiger partial charge on any atom is -0.493 e. The fourth-order valence-corrected chi connectivity index (χ4v) is 3.51. The highest BCUT2D eigenvalue weighted by Crippen LogP contribution is 2.39. The van der Waals surface area contributed by atoms with Crippen molar-refractivity contribution >= 4 is 11.8 Å². The van der Waals surface area contributed by atoms with Gasteiger partial charge in [0.25, 0.3) is 0 Å². The molecular weight excluding hydrogens is 348 g/mol. The standard InChI is InChI=1S/C21H24O6/c1-11(2)26-21(23)20-12(3)19-15(22)8-14(10-18(19)27-20)13-6-7-16(24-4)17(9-13)25-5/h6-7,9,11,14H,8,10H2,1-5H3/t14-/m1/s1. The van der Waals surface area contributed by atoms with Crippen LogP contribution in [-0.2, 0) is 11.2 Å². The molecule has 0 saturated carbocycles. The monoisotopic (exact) mass is 372 g/mol. The molecule has 0 radical (unpaired) electrons. The van der Waals surface area contributed by atoms with Gasteiger partial charge >= 0.3 is 5.97 Å². The molecule has 2 aromatic rings. The van der Waals surface area contributed by atoms with Gasteiger partial charge in [-0.2, -0.15) is 0 Å². The van der Waals surface area contributed by atoms with E-state index in [1.807, 2.05) is 18.2 Å². The fraction of sp³-hybridized carbons (Fsp3) is 0.429. The van der Waals surface area contributed by atoms with Gasteiger partial charge in [-0.3, -0.25) is 4.79 Å². The lowest BCUT2D eigenvalue weighted by Gasteiger charge is -2.22. The van der Waals surface area contributed by atoms with Crippen molar-refractivity contribution in [3.63, 3.8) is 0 Å². The van der Waals surface area contributed by atoms with Gasteiger partial charge in [0.15, 0.2) is 17.3 Å². The summed E-state index contributed by atoms with van der Waals surface area (Å²) in [4.78, 5) is 25.0. The fourth-order valence-electron chi connectivity index (χ4n) is 3.51. The minimum atomic E-state index is -0.535. The Morgan fingerprint density at radius 3 is 2.48 bits per heavy atom. The molecule has 0 bridgehead atoms. The maximum Gasteiger partial charge on any atom is 0.374 e. The van der Waals surface area contributed by atoms with Crippen molar-refractivity contribution in [3.05, 3.63) is 46.4 Å². The third-order valence-corrected chi connectivity index (χ3v) is 4.77. The van der Waals surface area contributed by atoms with Gasteiger partial charge in [0.2, 0.25) is 5.76 Å². The summed E-state index contributed by atoms with van der Waals surface area (Å²) in [6, 6.07) is 5.63. The topological polar surface area (TPSA) is 75.0 Å². The molecule has 1 aromatic carbocycles. The lowest BCUT2D eigenvalue weighted by Crippen LogP contribution is -2.18. The van der Waals surface area contributed by atoms with Crippen molar-refractivity contribution in [1.82, 2.24) is 0 Å². The number of rotatable bonds is 5. The molecular formula is C21H24O6. The second-order valence-corrected chi connectivity index (χ2v) is 6.95. The summed E-state index contributed by atoms with van der Waals surface area (Å²) in [5.41, 5.74) is 2.04. The predicted octanol–water partition coefficient (Wildman–Crippen LogP) is 4.08. The summed E-state index contributed by atoms with van der Waals surface area (Å²) in [5, 5.41) is 0. The summed E-state index contributed by atoms with van der Waals surface area (Å²) >= 11 is 0. The molecule has 6 heteroatoms. The molecule has 0 amide bonds. The number of carbonyl (C=O) groups is 2. The van der Waals surface area contributed by atoms with Crippen LogP contribution in [0.15, 0.2) is 22.6 Å². The average molecular weight is 372 g/mol. The summed E-state index contributed by atoms with van der Waals surface area (Å²) in [7, 11) is 3.16. The van der Waals surface area contributed by atoms with Gasteiger partial charge in [-0.05, 0) is 44.4 Å². The van der Waals surface area contributed by atoms with Crippen LogP contribution in [0.2, 0.25) is 0 Å². The van der Waals surface area contributed by atoms with Crippen LogP contribution in [0.25, 0.3) is 0 Å². The largest absolute Gasteiger partial charge is 0.493 e. The third-order valence-electron chi connectivity index (χ3n) is 4.77. The Bertz CT molecular complexity index is 877. The number of fused-ring (bicyclic) bond motifs is 1. The first kappa shape index (κ1) is 19.0. The Morgan fingerprint density at radius 1 is 1.15 bits per heavy atom. The third kappa shape index (κ3) is 3.56. The van der Waals surface area contributed by atoms with E-state index in [9.17, 15) is 9.59 Å². The highest BCUT2D eigenvalue weighted by molar-refractivity contribution is 6.03. The van der Waals surface area contributed by atoms with E-state index in [1.54, 1.807) is 35.0 Å². The van der Waals surface area contributed by atoms with Crippen molar-refractivity contribution in [3.8, 4) is 11.5 Å². The highest BCUT2D eigenvalue weighted by Gasteiger charge is 2.34. The number of carbonyl (C=O) groups excluding carboxylic acids is 2. The zero-order valence-corrected chi connectivity index (χ0v) is 16.3. The van der Waals surface area contributed by atoms with E-state index < -0.39 is 5.97 Å². The molecule has 3 rings (SSSR count). The molecule has 1 aromatic heterocycles. The van der Waals surface area contributed by atoms with Gasteiger partial charge in [-0.1, -0.05) is 6.07 Å². The molecule has 1 heterocycles. The highest BCUT2D eigenvalue weighted by atomic mass is 16.6. The van der Waals surface area contributed by atoms with Crippen LogP contribution < -0.4 is 9.47 Å². The van der Waals surface area contributed by atoms with Crippen LogP contribution in [0.5, 0.6) is 11.5 Å². The van der Waals surface area contributed by atoms with E-state index in [0.717, 1.165) is 5.56 Å². The first-order chi connectivity index (χ1) is 12.8. The Morgan fingerprint density at radius 2 is 1.85 bits per heavy atom. The first-order valence-corrected chi connectivity index (χ1v) is 8.94. The molecule has 1 atom stereocenters. The second-order valence-electron chi connectivity index (χ2n) is 6.95. The van der Waals surface area contributed by atoms with E-state index in [0.29, 0.717) is 41.2 Å². The van der Waals surface area contributed by atoms with E-state index in [2.05, 4.69) is 0 Å². The van der Waals surface area contributed by atoms with Crippen molar-refractivity contribution in [2.24, 2.45) is 0 Å². The lowest BCUT2D eigenvalue weighted by atomic mass is 9.81. The number of esters is 1. The summed E-state index contributed by atoms with van der Waals surface area (Å²) < 4.78 is 21.6. The number of furan rings is 1. The quantitative estimate of drug-likeness (QED) is 0.736. The Kier molecular flexibility index (Phi) is 5.26. The minimum absolute atomic E-state index is 0.0270. The van der Waals surface area contributed by atoms with Gasteiger partial charge in [-0.15, -0.1) is 0 Å². The van der Waals surface area contributed by atoms with E-state index in [4.69, 9.17) is 18.6 Å². The average Bonchev–Trinajstić information content (AvgIpc) is 2.97. The Balaban J connectivity index is 1.93. The smallest absolute Gasteiger partial charge is 0.374 e. The maximum atomic E-state index is 12.8. The maximum absolute atomic E-state index is 12.8. The van der Waals surface area contributed by atoms with Crippen LogP contribution in [0.4, 0.5) is 0 Å². The Labute approximate surface area is 158 Å². The molecule has 0 fully saturated rings. The molecule has 0 aliphatic heterocycles. The van der Waals surface area contributed by atoms with E-state index >= 15 is 0 Å². The number of benzene rings is 1. The second kappa shape index (κ2) is 7.47. The van der Waals surface area contributed by atoms with E-state index in [-0.39, 0.29) is 23.6 Å². The zero-order chi connectivity index (χ0) is 19.7. The number of hydrogen-bond acceptors (Lipinski definition) is 6. The molecule has 1 aliphatic carbocycles. The van der Waals surface area contributed by atoms with Crippen molar-refractivity contribution in [1.29, 1.82) is 0 Å². The van der Waals surface area contributed by atoms with Gasteiger partial charge < -0.3 is 18.6 Å². The van der Waals surface area contributed by atoms with Crippen molar-refractivity contribution in [2.75, 3.05) is 14.2 Å². The number of ketones is 1. The molecule has 0 saturated heterocycles. The molecule has 1 aliphatic rings. The van der Waals surface area contributed by atoms with Crippen LogP contribution in [0, 0.1) is 6.92 Å². The molecule has 144 valence electrons. The van der Waals surface area contributed by atoms with Gasteiger partial charge in [-0.25, -0.2) is 4.79 Å². The summed E-state index contributed by atoms with van der Waals surface area (Å²) in [6.45, 7) is 5.27. The van der Waals surface area contributed by atoms with Crippen LogP contribution in [-0.4, -0.2) is 32.1 Å². The van der Waals surface area contributed by atoms with Crippen molar-refractivity contribution < 1.29 is 28.2 Å². The van der Waals surface area contributed by atoms with Gasteiger partial charge in [0.05, 0.1) is 25.9 Å². The Hall–Kier alpha value is -2.76. The molecule has 0 spiro atoms. The van der Waals surface area contributed by atoms with Crippen LogP contribution >= 0.6 is 0 Å². The number of ether oxygens (including phenoxy) is 3. The molecule has 0 unspecified atom stereocenters. The summed E-state index contributed by atoms with van der Waals surface area (Å²) in [6.07, 6.45) is 0.627. The van der Waals surface area contributed by atoms with Gasteiger partial charge in [0, 0.05) is 18.4 Å². The van der Waals surface area contributed by atoms with Crippen LogP contribution in [0.1, 0.15) is 64.0 Å². The molecule has 6 nitrogen and oxygen atoms in total. The molecule has 27 heavy (non-hydrogen) atoms. The summed E-state index contributed by atoms with van der Waals surface area (Å²) in [5.74, 6) is 1.30. The van der Waals surface area contributed by atoms with E-state index in [1.165, 1.54) is 0 Å². The SMILES string of the molecule is COc1ccc([C@@H]2CC(=O)c3c(oc(C(=O)OC(C)C)c3C)C2)cc1OC. The first-order valence-electron chi connectivity index (χ1n) is 8.94. The normalized spacial score (nSPS) is 16.2. The number of hydrogen-bond donors (Lipinski definition) is 0. The van der Waals surface area contributed by atoms with Crippen LogP contribution in [0.3, 0.4) is 0 Å². The number of methoxy groups -OCH3 is 2. The predicted molar refractivity (Wildman–Crippen MR) is 98.9 cm³/mol. The van der Waals surface area contributed by atoms with Gasteiger partial charge in [0.1, 0.15) is 5.76 Å².